The van der Waals surface area contributed by atoms with Crippen LogP contribution in [0.4, 0.5) is 0 Å². The number of nitrogens with one attached hydrogen (secondary N) is 1. The van der Waals surface area contributed by atoms with Crippen molar-refractivity contribution in [1.29, 1.82) is 0 Å². The molecule has 1 heteroatoms. The normalized spacial score (nSPS) is 13.4. The quantitative estimate of drug-likeness (QED) is 0.505. The largest absolute Gasteiger partial charge is 0.258 e. The molecule has 0 spiro atoms. The molecule has 0 aliphatic heterocycles. The SMILES string of the molecule is CCCCCC(C[NH])CCC. The Labute approximate surface area is 71.4 Å². The van der Waals surface area contributed by atoms with Crippen LogP contribution in [0, 0.1) is 5.92 Å². The summed E-state index contributed by atoms with van der Waals surface area (Å²) in [6.07, 6.45) is 7.77. The average molecular weight is 156 g/mol. The molecule has 0 rings (SSSR count). The summed E-state index contributed by atoms with van der Waals surface area (Å²) in [5.74, 6) is 0.687. The first-order valence-corrected chi connectivity index (χ1v) is 4.99. The van der Waals surface area contributed by atoms with Crippen molar-refractivity contribution in [1.82, 2.24) is 5.73 Å². The molecule has 0 aromatic heterocycles. The summed E-state index contributed by atoms with van der Waals surface area (Å²) in [4.78, 5) is 0. The first-order valence-electron chi connectivity index (χ1n) is 4.99. The molecule has 1 N–H and O–H groups in total. The molecule has 0 saturated carbocycles. The van der Waals surface area contributed by atoms with Crippen LogP contribution in [-0.4, -0.2) is 6.54 Å². The van der Waals surface area contributed by atoms with Gasteiger partial charge in [-0.1, -0.05) is 39.5 Å². The van der Waals surface area contributed by atoms with E-state index in [1.165, 1.54) is 38.5 Å². The van der Waals surface area contributed by atoms with Crippen LogP contribution in [0.15, 0.2) is 0 Å². The van der Waals surface area contributed by atoms with Crippen LogP contribution in [-0.2, 0) is 0 Å². The number of unbranched alkanes of at least 4 members (excludes halogenated alkanes) is 2. The third-order valence-electron chi connectivity index (χ3n) is 2.20. The van der Waals surface area contributed by atoms with Crippen molar-refractivity contribution < 1.29 is 0 Å². The van der Waals surface area contributed by atoms with Crippen molar-refractivity contribution in [3.8, 4) is 0 Å². The smallest absolute Gasteiger partial charge is 0.0128 e. The Bertz CT molecular complexity index is 71.3. The van der Waals surface area contributed by atoms with E-state index in [4.69, 9.17) is 5.73 Å². The molecular formula is C10H22N. The predicted octanol–water partition coefficient (Wildman–Crippen LogP) is 3.27. The van der Waals surface area contributed by atoms with Gasteiger partial charge in [0, 0.05) is 6.54 Å². The molecule has 1 radical (unpaired) electrons. The fourth-order valence-corrected chi connectivity index (χ4v) is 1.44. The Hall–Kier alpha value is -0.0400. The maximum absolute atomic E-state index is 7.30. The zero-order chi connectivity index (χ0) is 8.53. The maximum Gasteiger partial charge on any atom is 0.0128 e. The Morgan fingerprint density at radius 2 is 1.73 bits per heavy atom. The third-order valence-corrected chi connectivity index (χ3v) is 2.20. The van der Waals surface area contributed by atoms with Crippen LogP contribution in [0.1, 0.15) is 52.4 Å². The zero-order valence-corrected chi connectivity index (χ0v) is 8.03. The Kier molecular flexibility index (Phi) is 8.03. The predicted molar refractivity (Wildman–Crippen MR) is 50.5 cm³/mol. The third kappa shape index (κ3) is 6.36. The van der Waals surface area contributed by atoms with E-state index < -0.39 is 0 Å². The van der Waals surface area contributed by atoms with Gasteiger partial charge in [-0.05, 0) is 18.8 Å². The second-order valence-corrected chi connectivity index (χ2v) is 3.35. The monoisotopic (exact) mass is 156 g/mol. The van der Waals surface area contributed by atoms with Gasteiger partial charge in [0.1, 0.15) is 0 Å². The van der Waals surface area contributed by atoms with E-state index >= 15 is 0 Å². The molecule has 1 atom stereocenters. The molecule has 0 aliphatic rings. The van der Waals surface area contributed by atoms with Crippen molar-refractivity contribution >= 4 is 0 Å². The molecule has 0 aromatic carbocycles. The van der Waals surface area contributed by atoms with E-state index in [9.17, 15) is 0 Å². The minimum absolute atomic E-state index is 0.636. The molecule has 0 fully saturated rings. The van der Waals surface area contributed by atoms with E-state index in [0.29, 0.717) is 12.5 Å². The van der Waals surface area contributed by atoms with Gasteiger partial charge in [-0.3, -0.25) is 5.73 Å². The molecule has 0 aliphatic carbocycles. The van der Waals surface area contributed by atoms with E-state index in [1.807, 2.05) is 0 Å². The minimum Gasteiger partial charge on any atom is -0.258 e. The summed E-state index contributed by atoms with van der Waals surface area (Å²) in [7, 11) is 0. The molecule has 1 unspecified atom stereocenters. The summed E-state index contributed by atoms with van der Waals surface area (Å²) in [5.41, 5.74) is 7.30. The van der Waals surface area contributed by atoms with E-state index in [1.54, 1.807) is 0 Å². The summed E-state index contributed by atoms with van der Waals surface area (Å²) in [5, 5.41) is 0. The van der Waals surface area contributed by atoms with E-state index in [2.05, 4.69) is 13.8 Å². The molecule has 1 nitrogen and oxygen atoms in total. The van der Waals surface area contributed by atoms with Crippen LogP contribution in [0.3, 0.4) is 0 Å². The van der Waals surface area contributed by atoms with Gasteiger partial charge < -0.3 is 0 Å². The Morgan fingerprint density at radius 3 is 2.18 bits per heavy atom. The van der Waals surface area contributed by atoms with Crippen molar-refractivity contribution in [2.75, 3.05) is 6.54 Å². The molecule has 67 valence electrons. The van der Waals surface area contributed by atoms with Gasteiger partial charge in [0.2, 0.25) is 0 Å². The van der Waals surface area contributed by atoms with Crippen molar-refractivity contribution in [3.63, 3.8) is 0 Å². The summed E-state index contributed by atoms with van der Waals surface area (Å²) in [6.45, 7) is 5.08. The average Bonchev–Trinajstić information content (AvgIpc) is 2.03. The fourth-order valence-electron chi connectivity index (χ4n) is 1.44. The zero-order valence-electron chi connectivity index (χ0n) is 8.03. The Balaban J connectivity index is 3.20. The minimum atomic E-state index is 0.636. The lowest BCUT2D eigenvalue weighted by Gasteiger charge is -2.11. The number of rotatable bonds is 7. The lowest BCUT2D eigenvalue weighted by Crippen LogP contribution is -2.06. The van der Waals surface area contributed by atoms with Crippen LogP contribution in [0.25, 0.3) is 0 Å². The van der Waals surface area contributed by atoms with Crippen molar-refractivity contribution in [2.45, 2.75) is 52.4 Å². The van der Waals surface area contributed by atoms with Crippen LogP contribution < -0.4 is 5.73 Å². The van der Waals surface area contributed by atoms with Gasteiger partial charge in [-0.15, -0.1) is 0 Å². The number of hydrogen-bond donors (Lipinski definition) is 0. The summed E-state index contributed by atoms with van der Waals surface area (Å²) in [6, 6.07) is 0. The first kappa shape index (κ1) is 11.0. The van der Waals surface area contributed by atoms with Gasteiger partial charge in [0.25, 0.3) is 0 Å². The summed E-state index contributed by atoms with van der Waals surface area (Å²) < 4.78 is 0. The number of hydrogen-bond acceptors (Lipinski definition) is 0. The molecule has 0 bridgehead atoms. The van der Waals surface area contributed by atoms with E-state index in [0.717, 1.165) is 0 Å². The summed E-state index contributed by atoms with van der Waals surface area (Å²) >= 11 is 0. The fraction of sp³-hybridized carbons (Fsp3) is 1.00. The van der Waals surface area contributed by atoms with Gasteiger partial charge in [0.05, 0.1) is 0 Å². The molecule has 0 aromatic rings. The first-order chi connectivity index (χ1) is 5.35. The lowest BCUT2D eigenvalue weighted by atomic mass is 9.97. The molecule has 0 heterocycles. The van der Waals surface area contributed by atoms with Crippen LogP contribution >= 0.6 is 0 Å². The van der Waals surface area contributed by atoms with Crippen LogP contribution in [0.5, 0.6) is 0 Å². The second-order valence-electron chi connectivity index (χ2n) is 3.35. The van der Waals surface area contributed by atoms with Gasteiger partial charge in [-0.25, -0.2) is 0 Å². The Morgan fingerprint density at radius 1 is 1.00 bits per heavy atom. The van der Waals surface area contributed by atoms with Gasteiger partial charge in [0.15, 0.2) is 0 Å². The van der Waals surface area contributed by atoms with E-state index in [-0.39, 0.29) is 0 Å². The molecule has 11 heavy (non-hydrogen) atoms. The highest BCUT2D eigenvalue weighted by molar-refractivity contribution is 4.58. The highest BCUT2D eigenvalue weighted by atomic mass is 14.5. The lowest BCUT2D eigenvalue weighted by molar-refractivity contribution is 0.429. The van der Waals surface area contributed by atoms with Crippen LogP contribution in [0.2, 0.25) is 0 Å². The topological polar surface area (TPSA) is 23.8 Å². The van der Waals surface area contributed by atoms with Gasteiger partial charge in [-0.2, -0.15) is 0 Å². The molecular weight excluding hydrogens is 134 g/mol. The molecule has 0 saturated heterocycles. The highest BCUT2D eigenvalue weighted by Crippen LogP contribution is 2.14. The van der Waals surface area contributed by atoms with Gasteiger partial charge >= 0.3 is 0 Å². The second kappa shape index (κ2) is 8.06. The maximum atomic E-state index is 7.30. The standard InChI is InChI=1S/C10H22N/c1-3-5-6-8-10(9-11)7-4-2/h10-11H,3-9H2,1-2H3. The van der Waals surface area contributed by atoms with Crippen molar-refractivity contribution in [3.05, 3.63) is 0 Å². The van der Waals surface area contributed by atoms with Crippen molar-refractivity contribution in [2.24, 2.45) is 5.92 Å². The molecule has 0 amide bonds. The highest BCUT2D eigenvalue weighted by Gasteiger charge is 2.03.